The van der Waals surface area contributed by atoms with Crippen molar-refractivity contribution in [3.05, 3.63) is 42.0 Å². The van der Waals surface area contributed by atoms with Gasteiger partial charge in [-0.05, 0) is 49.3 Å². The van der Waals surface area contributed by atoms with Crippen molar-refractivity contribution in [1.82, 2.24) is 4.90 Å². The summed E-state index contributed by atoms with van der Waals surface area (Å²) in [6.45, 7) is 4.33. The summed E-state index contributed by atoms with van der Waals surface area (Å²) in [4.78, 5) is 41.2. The normalized spacial score (nSPS) is 28.8. The van der Waals surface area contributed by atoms with E-state index >= 15 is 0 Å². The minimum Gasteiger partial charge on any atom is -0.311 e. The van der Waals surface area contributed by atoms with Gasteiger partial charge in [-0.3, -0.25) is 19.3 Å². The van der Waals surface area contributed by atoms with Crippen molar-refractivity contribution in [2.45, 2.75) is 26.7 Å². The number of benzene rings is 1. The molecule has 5 nitrogen and oxygen atoms in total. The van der Waals surface area contributed by atoms with Crippen molar-refractivity contribution in [3.8, 4) is 0 Å². The molecule has 1 heterocycles. The van der Waals surface area contributed by atoms with Gasteiger partial charge in [0.25, 0.3) is 0 Å². The van der Waals surface area contributed by atoms with Crippen molar-refractivity contribution < 1.29 is 14.4 Å². The van der Waals surface area contributed by atoms with Crippen LogP contribution in [0.5, 0.6) is 0 Å². The molecule has 0 radical (unpaired) electrons. The molecule has 0 unspecified atom stereocenters. The lowest BCUT2D eigenvalue weighted by atomic mass is 9.85. The zero-order valence-corrected chi connectivity index (χ0v) is 15.2. The maximum Gasteiger partial charge on any atom is 0.247 e. The fraction of sp³-hybridized carbons (Fsp3) is 0.476. The lowest BCUT2D eigenvalue weighted by Crippen LogP contribution is -2.44. The molecule has 1 saturated heterocycles. The van der Waals surface area contributed by atoms with Crippen LogP contribution in [0, 0.1) is 23.7 Å². The number of likely N-dealkylation sites (tertiary alicyclic amines) is 1. The lowest BCUT2D eigenvalue weighted by Gasteiger charge is -2.24. The second-order valence-electron chi connectivity index (χ2n) is 7.42. The van der Waals surface area contributed by atoms with E-state index in [9.17, 15) is 14.4 Å². The first-order valence-corrected chi connectivity index (χ1v) is 9.48. The maximum absolute atomic E-state index is 12.8. The topological polar surface area (TPSA) is 57.7 Å². The number of fused-ring (bicyclic) bond motifs is 5. The molecule has 0 aromatic heterocycles. The van der Waals surface area contributed by atoms with Gasteiger partial charge in [0.15, 0.2) is 0 Å². The number of carbonyl (C=O) groups is 3. The zero-order valence-electron chi connectivity index (χ0n) is 15.2. The predicted octanol–water partition coefficient (Wildman–Crippen LogP) is 2.41. The Morgan fingerprint density at radius 3 is 2.12 bits per heavy atom. The van der Waals surface area contributed by atoms with Crippen LogP contribution in [0.3, 0.4) is 0 Å². The third-order valence-electron chi connectivity index (χ3n) is 6.13. The van der Waals surface area contributed by atoms with E-state index in [1.165, 1.54) is 10.5 Å². The van der Waals surface area contributed by atoms with Crippen LogP contribution in [0.2, 0.25) is 0 Å². The summed E-state index contributed by atoms with van der Waals surface area (Å²) in [5.41, 5.74) is 2.01. The molecule has 0 spiro atoms. The number of likely N-dealkylation sites (N-methyl/N-ethyl adjacent to an activating group) is 1. The number of aryl methyl sites for hydroxylation is 1. The van der Waals surface area contributed by atoms with E-state index in [1.54, 1.807) is 4.90 Å². The number of nitrogens with zero attached hydrogens (tertiary/aromatic N) is 2. The molecule has 1 aromatic carbocycles. The third kappa shape index (κ3) is 2.49. The van der Waals surface area contributed by atoms with Crippen LogP contribution in [0.25, 0.3) is 0 Å². The van der Waals surface area contributed by atoms with E-state index in [2.05, 4.69) is 19.1 Å². The highest BCUT2D eigenvalue weighted by molar-refractivity contribution is 6.10. The molecule has 2 aliphatic carbocycles. The number of imide groups is 1. The molecule has 2 bridgehead atoms. The van der Waals surface area contributed by atoms with Gasteiger partial charge in [0, 0.05) is 12.2 Å². The molecule has 1 aromatic rings. The number of hydrogen-bond donors (Lipinski definition) is 0. The third-order valence-corrected chi connectivity index (χ3v) is 6.13. The Hall–Kier alpha value is -2.43. The molecule has 26 heavy (non-hydrogen) atoms. The average Bonchev–Trinajstić information content (AvgIpc) is 3.33. The summed E-state index contributed by atoms with van der Waals surface area (Å²) >= 11 is 0. The fourth-order valence-corrected chi connectivity index (χ4v) is 4.76. The smallest absolute Gasteiger partial charge is 0.247 e. The summed E-state index contributed by atoms with van der Waals surface area (Å²) in [7, 11) is 0. The Kier molecular flexibility index (Phi) is 4.17. The monoisotopic (exact) mass is 352 g/mol. The largest absolute Gasteiger partial charge is 0.311 e. The van der Waals surface area contributed by atoms with Gasteiger partial charge in [-0.1, -0.05) is 31.2 Å². The fourth-order valence-electron chi connectivity index (χ4n) is 4.76. The first-order chi connectivity index (χ1) is 12.5. The average molecular weight is 352 g/mol. The Morgan fingerprint density at radius 2 is 1.62 bits per heavy atom. The highest BCUT2D eigenvalue weighted by Gasteiger charge is 2.59. The highest BCUT2D eigenvalue weighted by atomic mass is 16.2. The van der Waals surface area contributed by atoms with E-state index in [4.69, 9.17) is 0 Å². The first kappa shape index (κ1) is 17.0. The van der Waals surface area contributed by atoms with Crippen LogP contribution in [0.15, 0.2) is 36.4 Å². The van der Waals surface area contributed by atoms with Crippen LogP contribution in [0.1, 0.15) is 25.8 Å². The van der Waals surface area contributed by atoms with Gasteiger partial charge in [0.1, 0.15) is 6.54 Å². The van der Waals surface area contributed by atoms with Crippen LogP contribution in [0.4, 0.5) is 5.69 Å². The molecular formula is C21H24N2O3. The number of amides is 3. The van der Waals surface area contributed by atoms with Crippen molar-refractivity contribution in [2.24, 2.45) is 23.7 Å². The standard InChI is InChI=1S/C21H24N2O3/c1-3-13-5-9-16(10-6-13)22(4-2)17(24)12-23-20(25)18-14-7-8-15(11-14)19(18)21(23)26/h5-10,14-15,18-19H,3-4,11-12H2,1-2H3/t14-,15-,18+,19+/m0/s1. The molecule has 1 aliphatic heterocycles. The van der Waals surface area contributed by atoms with Crippen LogP contribution in [-0.4, -0.2) is 35.7 Å². The Bertz CT molecular complexity index is 753. The van der Waals surface area contributed by atoms with Crippen molar-refractivity contribution in [3.63, 3.8) is 0 Å². The summed E-state index contributed by atoms with van der Waals surface area (Å²) in [6.07, 6.45) is 5.97. The molecule has 5 heteroatoms. The SMILES string of the molecule is CCc1ccc(N(CC)C(=O)CN2C(=O)[C@H]3[C@H](C2=O)[C@H]2C=C[C@H]3C2)cc1. The minimum atomic E-state index is -0.246. The maximum atomic E-state index is 12.8. The summed E-state index contributed by atoms with van der Waals surface area (Å²) in [5.74, 6) is -0.687. The van der Waals surface area contributed by atoms with Crippen molar-refractivity contribution >= 4 is 23.4 Å². The predicted molar refractivity (Wildman–Crippen MR) is 98.3 cm³/mol. The van der Waals surface area contributed by atoms with Gasteiger partial charge >= 0.3 is 0 Å². The Balaban J connectivity index is 1.50. The quantitative estimate of drug-likeness (QED) is 0.604. The van der Waals surface area contributed by atoms with Gasteiger partial charge < -0.3 is 4.90 Å². The Morgan fingerprint density at radius 1 is 1.04 bits per heavy atom. The Labute approximate surface area is 153 Å². The summed E-state index contributed by atoms with van der Waals surface area (Å²) < 4.78 is 0. The van der Waals surface area contributed by atoms with E-state index in [0.717, 1.165) is 18.5 Å². The van der Waals surface area contributed by atoms with Gasteiger partial charge in [-0.15, -0.1) is 0 Å². The second-order valence-corrected chi connectivity index (χ2v) is 7.42. The van der Waals surface area contributed by atoms with Gasteiger partial charge in [-0.2, -0.15) is 0 Å². The molecule has 136 valence electrons. The van der Waals surface area contributed by atoms with Crippen LogP contribution < -0.4 is 4.90 Å². The molecule has 2 fully saturated rings. The van der Waals surface area contributed by atoms with E-state index in [0.29, 0.717) is 6.54 Å². The number of carbonyl (C=O) groups excluding carboxylic acids is 3. The number of anilines is 1. The summed E-state index contributed by atoms with van der Waals surface area (Å²) in [6, 6.07) is 7.86. The zero-order chi connectivity index (χ0) is 18.4. The molecular weight excluding hydrogens is 328 g/mol. The molecule has 3 aliphatic rings. The lowest BCUT2D eigenvalue weighted by molar-refractivity contribution is -0.143. The first-order valence-electron chi connectivity index (χ1n) is 9.48. The number of hydrogen-bond acceptors (Lipinski definition) is 3. The van der Waals surface area contributed by atoms with Gasteiger partial charge in [0.05, 0.1) is 11.8 Å². The molecule has 4 atom stereocenters. The van der Waals surface area contributed by atoms with E-state index in [-0.39, 0.29) is 47.9 Å². The molecule has 3 amide bonds. The minimum absolute atomic E-state index is 0.159. The number of allylic oxidation sites excluding steroid dienone is 2. The van der Waals surface area contributed by atoms with Crippen LogP contribution >= 0.6 is 0 Å². The van der Waals surface area contributed by atoms with E-state index < -0.39 is 0 Å². The summed E-state index contributed by atoms with van der Waals surface area (Å²) in [5, 5.41) is 0. The molecule has 0 N–H and O–H groups in total. The van der Waals surface area contributed by atoms with Gasteiger partial charge in [0.2, 0.25) is 17.7 Å². The van der Waals surface area contributed by atoms with Crippen molar-refractivity contribution in [1.29, 1.82) is 0 Å². The van der Waals surface area contributed by atoms with E-state index in [1.807, 2.05) is 31.2 Å². The molecule has 4 rings (SSSR count). The van der Waals surface area contributed by atoms with Crippen molar-refractivity contribution in [2.75, 3.05) is 18.0 Å². The highest BCUT2D eigenvalue weighted by Crippen LogP contribution is 2.52. The second kappa shape index (κ2) is 6.38. The molecule has 1 saturated carbocycles. The van der Waals surface area contributed by atoms with Gasteiger partial charge in [-0.25, -0.2) is 0 Å². The number of rotatable bonds is 5. The van der Waals surface area contributed by atoms with Crippen LogP contribution in [-0.2, 0) is 20.8 Å².